The highest BCUT2D eigenvalue weighted by Gasteiger charge is 2.15. The second-order valence-corrected chi connectivity index (χ2v) is 5.18. The average molecular weight is 287 g/mol. The van der Waals surface area contributed by atoms with Gasteiger partial charge in [-0.1, -0.05) is 18.2 Å². The highest BCUT2D eigenvalue weighted by atomic mass is 16.4. The molecule has 0 aliphatic carbocycles. The van der Waals surface area contributed by atoms with E-state index in [1.54, 1.807) is 7.05 Å². The van der Waals surface area contributed by atoms with Crippen LogP contribution in [0.15, 0.2) is 28.7 Å². The van der Waals surface area contributed by atoms with Gasteiger partial charge in [-0.15, -0.1) is 0 Å². The topological polar surface area (TPSA) is 58.4 Å². The van der Waals surface area contributed by atoms with Crippen LogP contribution in [0.1, 0.15) is 17.0 Å². The van der Waals surface area contributed by atoms with E-state index in [4.69, 9.17) is 4.42 Å². The summed E-state index contributed by atoms with van der Waals surface area (Å²) in [5.41, 5.74) is 2.99. The van der Waals surface area contributed by atoms with Gasteiger partial charge in [-0.3, -0.25) is 9.69 Å². The molecule has 0 fully saturated rings. The van der Waals surface area contributed by atoms with Crippen molar-refractivity contribution in [3.05, 3.63) is 41.3 Å². The second kappa shape index (κ2) is 6.54. The van der Waals surface area contributed by atoms with Gasteiger partial charge in [0, 0.05) is 19.2 Å². The fraction of sp³-hybridized carbons (Fsp3) is 0.375. The van der Waals surface area contributed by atoms with Gasteiger partial charge in [0.1, 0.15) is 5.76 Å². The Balaban J connectivity index is 2.16. The normalized spacial score (nSPS) is 10.9. The summed E-state index contributed by atoms with van der Waals surface area (Å²) in [5, 5.41) is 2.61. The molecule has 1 heterocycles. The second-order valence-electron chi connectivity index (χ2n) is 5.18. The zero-order valence-corrected chi connectivity index (χ0v) is 12.9. The highest BCUT2D eigenvalue weighted by Crippen LogP contribution is 2.25. The third-order valence-corrected chi connectivity index (χ3v) is 3.38. The van der Waals surface area contributed by atoms with Crippen LogP contribution in [0.5, 0.6) is 0 Å². The molecule has 0 aliphatic heterocycles. The Bertz CT molecular complexity index is 634. The Kier molecular flexibility index (Phi) is 4.75. The van der Waals surface area contributed by atoms with Crippen LogP contribution in [0.3, 0.4) is 0 Å². The third-order valence-electron chi connectivity index (χ3n) is 3.38. The van der Waals surface area contributed by atoms with Gasteiger partial charge in [0.2, 0.25) is 11.8 Å². The number of likely N-dealkylation sites (N-methyl/N-ethyl adjacent to an activating group) is 2. The largest absolute Gasteiger partial charge is 0.441 e. The summed E-state index contributed by atoms with van der Waals surface area (Å²) in [6.45, 7) is 4.85. The lowest BCUT2D eigenvalue weighted by Gasteiger charge is -2.13. The average Bonchev–Trinajstić information content (AvgIpc) is 2.80. The summed E-state index contributed by atoms with van der Waals surface area (Å²) in [6.07, 6.45) is 0. The minimum absolute atomic E-state index is 0.0159. The molecule has 0 unspecified atom stereocenters. The zero-order chi connectivity index (χ0) is 15.4. The monoisotopic (exact) mass is 287 g/mol. The smallest absolute Gasteiger partial charge is 0.233 e. The van der Waals surface area contributed by atoms with E-state index in [9.17, 15) is 4.79 Å². The van der Waals surface area contributed by atoms with Crippen molar-refractivity contribution < 1.29 is 9.21 Å². The van der Waals surface area contributed by atoms with Crippen LogP contribution in [0, 0.1) is 13.8 Å². The number of aryl methyl sites for hydroxylation is 2. The van der Waals surface area contributed by atoms with Crippen LogP contribution in [-0.2, 0) is 11.3 Å². The number of nitrogens with zero attached hydrogens (tertiary/aromatic N) is 2. The molecule has 1 aromatic heterocycles. The summed E-state index contributed by atoms with van der Waals surface area (Å²) in [4.78, 5) is 17.9. The fourth-order valence-electron chi connectivity index (χ4n) is 2.14. The molecule has 112 valence electrons. The number of hydrogen-bond donors (Lipinski definition) is 1. The summed E-state index contributed by atoms with van der Waals surface area (Å²) in [5.74, 6) is 1.41. The SMILES string of the molecule is CNC(=O)CN(C)Cc1nc(-c2ccccc2C)oc1C. The molecule has 0 saturated heterocycles. The van der Waals surface area contributed by atoms with Crippen molar-refractivity contribution in [3.8, 4) is 11.5 Å². The van der Waals surface area contributed by atoms with Crippen molar-refractivity contribution >= 4 is 5.91 Å². The first kappa shape index (κ1) is 15.3. The molecule has 0 aliphatic rings. The maximum absolute atomic E-state index is 11.4. The molecule has 5 nitrogen and oxygen atoms in total. The zero-order valence-electron chi connectivity index (χ0n) is 12.9. The Hall–Kier alpha value is -2.14. The number of aromatic nitrogens is 1. The number of oxazole rings is 1. The van der Waals surface area contributed by atoms with E-state index in [2.05, 4.69) is 10.3 Å². The van der Waals surface area contributed by atoms with Gasteiger partial charge >= 0.3 is 0 Å². The summed E-state index contributed by atoms with van der Waals surface area (Å²) in [6, 6.07) is 8.00. The molecule has 2 aromatic rings. The van der Waals surface area contributed by atoms with Crippen molar-refractivity contribution in [2.75, 3.05) is 20.6 Å². The molecule has 2 rings (SSSR count). The van der Waals surface area contributed by atoms with Crippen LogP contribution in [0.4, 0.5) is 0 Å². The Morgan fingerprint density at radius 1 is 1.33 bits per heavy atom. The van der Waals surface area contributed by atoms with Crippen LogP contribution < -0.4 is 5.32 Å². The van der Waals surface area contributed by atoms with Crippen LogP contribution in [-0.4, -0.2) is 36.4 Å². The number of hydrogen-bond acceptors (Lipinski definition) is 4. The van der Waals surface area contributed by atoms with Crippen LogP contribution >= 0.6 is 0 Å². The van der Waals surface area contributed by atoms with Gasteiger partial charge in [-0.25, -0.2) is 4.98 Å². The molecule has 1 aromatic carbocycles. The summed E-state index contributed by atoms with van der Waals surface area (Å²) < 4.78 is 5.78. The van der Waals surface area contributed by atoms with Crippen molar-refractivity contribution in [1.29, 1.82) is 0 Å². The molecule has 0 radical (unpaired) electrons. The van der Waals surface area contributed by atoms with Gasteiger partial charge in [0.15, 0.2) is 0 Å². The molecule has 0 spiro atoms. The molecule has 1 N–H and O–H groups in total. The lowest BCUT2D eigenvalue weighted by molar-refractivity contribution is -0.121. The van der Waals surface area contributed by atoms with Crippen molar-refractivity contribution in [1.82, 2.24) is 15.2 Å². The van der Waals surface area contributed by atoms with Crippen molar-refractivity contribution in [2.24, 2.45) is 0 Å². The van der Waals surface area contributed by atoms with E-state index >= 15 is 0 Å². The Morgan fingerprint density at radius 2 is 2.05 bits per heavy atom. The standard InChI is InChI=1S/C16H21N3O2/c1-11-7-5-6-8-13(11)16-18-14(12(2)21-16)9-19(4)10-15(20)17-3/h5-8H,9-10H2,1-4H3,(H,17,20). The molecular weight excluding hydrogens is 266 g/mol. The lowest BCUT2D eigenvalue weighted by Crippen LogP contribution is -2.32. The molecule has 0 saturated carbocycles. The highest BCUT2D eigenvalue weighted by molar-refractivity contribution is 5.77. The van der Waals surface area contributed by atoms with Gasteiger partial charge in [-0.05, 0) is 32.5 Å². The van der Waals surface area contributed by atoms with E-state index in [-0.39, 0.29) is 5.91 Å². The van der Waals surface area contributed by atoms with Gasteiger partial charge in [-0.2, -0.15) is 0 Å². The molecule has 21 heavy (non-hydrogen) atoms. The maximum Gasteiger partial charge on any atom is 0.233 e. The first-order chi connectivity index (χ1) is 10.0. The fourth-order valence-corrected chi connectivity index (χ4v) is 2.14. The number of carbonyl (C=O) groups excluding carboxylic acids is 1. The first-order valence-electron chi connectivity index (χ1n) is 6.92. The quantitative estimate of drug-likeness (QED) is 0.915. The van der Waals surface area contributed by atoms with Gasteiger partial charge in [0.25, 0.3) is 0 Å². The number of amides is 1. The summed E-state index contributed by atoms with van der Waals surface area (Å²) in [7, 11) is 3.52. The predicted molar refractivity (Wildman–Crippen MR) is 81.8 cm³/mol. The number of benzene rings is 1. The van der Waals surface area contributed by atoms with Gasteiger partial charge < -0.3 is 9.73 Å². The van der Waals surface area contributed by atoms with E-state index in [0.29, 0.717) is 19.0 Å². The van der Waals surface area contributed by atoms with Crippen LogP contribution in [0.2, 0.25) is 0 Å². The molecule has 5 heteroatoms. The minimum Gasteiger partial charge on any atom is -0.441 e. The van der Waals surface area contributed by atoms with E-state index in [1.165, 1.54) is 0 Å². The van der Waals surface area contributed by atoms with E-state index < -0.39 is 0 Å². The number of nitrogens with one attached hydrogen (secondary N) is 1. The van der Waals surface area contributed by atoms with Gasteiger partial charge in [0.05, 0.1) is 12.2 Å². The molecule has 1 amide bonds. The van der Waals surface area contributed by atoms with Crippen LogP contribution in [0.25, 0.3) is 11.5 Å². The van der Waals surface area contributed by atoms with E-state index in [0.717, 1.165) is 22.6 Å². The Morgan fingerprint density at radius 3 is 2.71 bits per heavy atom. The first-order valence-corrected chi connectivity index (χ1v) is 6.92. The summed E-state index contributed by atoms with van der Waals surface area (Å²) >= 11 is 0. The molecule has 0 bridgehead atoms. The molecular formula is C16H21N3O2. The third kappa shape index (κ3) is 3.70. The van der Waals surface area contributed by atoms with Crippen molar-refractivity contribution in [2.45, 2.75) is 20.4 Å². The lowest BCUT2D eigenvalue weighted by atomic mass is 10.1. The van der Waals surface area contributed by atoms with E-state index in [1.807, 2.05) is 50.1 Å². The number of carbonyl (C=O) groups is 1. The Labute approximate surface area is 125 Å². The molecule has 0 atom stereocenters. The maximum atomic E-state index is 11.4. The van der Waals surface area contributed by atoms with Crippen molar-refractivity contribution in [3.63, 3.8) is 0 Å². The number of rotatable bonds is 5. The minimum atomic E-state index is -0.0159. The predicted octanol–water partition coefficient (Wildman–Crippen LogP) is 2.14.